The Bertz CT molecular complexity index is 845. The average Bonchev–Trinajstić information content (AvgIpc) is 2.89. The maximum atomic E-state index is 11.1. The third-order valence-electron chi connectivity index (χ3n) is 2.88. The molecule has 1 aromatic carbocycles. The quantitative estimate of drug-likeness (QED) is 0.690. The zero-order valence-electron chi connectivity index (χ0n) is 10.9. The molecule has 1 N–H and O–H groups in total. The minimum absolute atomic E-state index is 0.174. The number of aromatic carboxylic acids is 1. The highest BCUT2D eigenvalue weighted by molar-refractivity contribution is 14.1. The van der Waals surface area contributed by atoms with E-state index in [2.05, 4.69) is 32.7 Å². The molecule has 0 fully saturated rings. The van der Waals surface area contributed by atoms with Gasteiger partial charge in [0, 0.05) is 6.07 Å². The Kier molecular flexibility index (Phi) is 3.50. The van der Waals surface area contributed by atoms with E-state index >= 15 is 0 Å². The van der Waals surface area contributed by atoms with Gasteiger partial charge in [0.05, 0.1) is 9.13 Å². The monoisotopic (exact) mass is 395 g/mol. The van der Waals surface area contributed by atoms with Gasteiger partial charge in [-0.3, -0.25) is 0 Å². The zero-order valence-corrected chi connectivity index (χ0v) is 13.1. The first-order valence-electron chi connectivity index (χ1n) is 6.05. The van der Waals surface area contributed by atoms with Crippen molar-refractivity contribution in [2.75, 3.05) is 0 Å². The minimum atomic E-state index is -0.994. The summed E-state index contributed by atoms with van der Waals surface area (Å²) >= 11 is 2.09. The van der Waals surface area contributed by atoms with Crippen LogP contribution in [0.2, 0.25) is 0 Å². The molecular formula is C14H10IN3O3. The molecule has 0 radical (unpaired) electrons. The number of benzene rings is 1. The fourth-order valence-electron chi connectivity index (χ4n) is 1.92. The number of carboxylic acid groups (broad SMARTS) is 1. The predicted molar refractivity (Wildman–Crippen MR) is 83.9 cm³/mol. The van der Waals surface area contributed by atoms with Gasteiger partial charge in [-0.15, -0.1) is 0 Å². The van der Waals surface area contributed by atoms with Crippen molar-refractivity contribution in [1.29, 1.82) is 0 Å². The highest BCUT2D eigenvalue weighted by Crippen LogP contribution is 2.28. The van der Waals surface area contributed by atoms with E-state index in [9.17, 15) is 4.79 Å². The molecule has 3 rings (SSSR count). The first-order valence-corrected chi connectivity index (χ1v) is 7.13. The summed E-state index contributed by atoms with van der Waals surface area (Å²) < 4.78 is 8.22. The third-order valence-corrected chi connectivity index (χ3v) is 3.77. The molecule has 21 heavy (non-hydrogen) atoms. The van der Waals surface area contributed by atoms with Crippen molar-refractivity contribution < 1.29 is 14.6 Å². The number of aryl methyl sites for hydroxylation is 1. The van der Waals surface area contributed by atoms with Crippen molar-refractivity contribution in [1.82, 2.24) is 14.6 Å². The fourth-order valence-corrected chi connectivity index (χ4v) is 2.37. The Labute approximate surface area is 133 Å². The summed E-state index contributed by atoms with van der Waals surface area (Å²) in [5.74, 6) is -0.0350. The maximum Gasteiger partial charge on any atom is 0.335 e. The molecular weight excluding hydrogens is 385 g/mol. The summed E-state index contributed by atoms with van der Waals surface area (Å²) in [5, 5.41) is 13.2. The fraction of sp³-hybridized carbons (Fsp3) is 0.0714. The smallest absolute Gasteiger partial charge is 0.335 e. The Morgan fingerprint density at radius 2 is 2.14 bits per heavy atom. The largest absolute Gasteiger partial charge is 0.478 e. The van der Waals surface area contributed by atoms with E-state index in [1.807, 2.05) is 19.1 Å². The van der Waals surface area contributed by atoms with Gasteiger partial charge >= 0.3 is 5.97 Å². The molecule has 0 aliphatic rings. The normalized spacial score (nSPS) is 10.8. The number of rotatable bonds is 3. The van der Waals surface area contributed by atoms with Crippen LogP contribution in [0.5, 0.6) is 11.6 Å². The number of carbonyl (C=O) groups is 1. The summed E-state index contributed by atoms with van der Waals surface area (Å²) in [7, 11) is 0. The lowest BCUT2D eigenvalue weighted by molar-refractivity contribution is 0.0696. The molecule has 0 saturated carbocycles. The number of nitrogens with zero attached hydrogens (tertiary/aromatic N) is 3. The van der Waals surface area contributed by atoms with E-state index < -0.39 is 5.97 Å². The van der Waals surface area contributed by atoms with E-state index in [1.165, 1.54) is 18.5 Å². The van der Waals surface area contributed by atoms with Gasteiger partial charge < -0.3 is 9.84 Å². The number of carboxylic acids is 1. The second-order valence-corrected chi connectivity index (χ2v) is 5.62. The average molecular weight is 395 g/mol. The molecule has 6 nitrogen and oxygen atoms in total. The van der Waals surface area contributed by atoms with Crippen LogP contribution in [-0.4, -0.2) is 25.7 Å². The van der Waals surface area contributed by atoms with Crippen LogP contribution in [0.25, 0.3) is 5.65 Å². The van der Waals surface area contributed by atoms with E-state index in [4.69, 9.17) is 9.84 Å². The Hall–Kier alpha value is -2.16. The summed E-state index contributed by atoms with van der Waals surface area (Å²) in [4.78, 5) is 15.2. The van der Waals surface area contributed by atoms with Crippen LogP contribution in [0.1, 0.15) is 15.9 Å². The van der Waals surface area contributed by atoms with Crippen LogP contribution in [0.15, 0.2) is 36.7 Å². The van der Waals surface area contributed by atoms with Crippen LogP contribution < -0.4 is 4.74 Å². The van der Waals surface area contributed by atoms with E-state index in [1.54, 1.807) is 10.6 Å². The standard InChI is InChI=1S/C14H10IN3O3/c1-8-4-12-16-7-17-18(12)13(5-8)21-11-6-9(14(19)20)2-3-10(11)15/h2-7H,1H3,(H,19,20). The third kappa shape index (κ3) is 2.68. The van der Waals surface area contributed by atoms with Gasteiger partial charge in [-0.05, 0) is 59.3 Å². The SMILES string of the molecule is Cc1cc(Oc2cc(C(=O)O)ccc2I)n2ncnc2c1. The topological polar surface area (TPSA) is 76.7 Å². The summed E-state index contributed by atoms with van der Waals surface area (Å²) in [6.45, 7) is 1.93. The Morgan fingerprint density at radius 3 is 2.90 bits per heavy atom. The summed E-state index contributed by atoms with van der Waals surface area (Å²) in [6, 6.07) is 8.45. The lowest BCUT2D eigenvalue weighted by atomic mass is 10.2. The molecule has 0 spiro atoms. The number of fused-ring (bicyclic) bond motifs is 1. The van der Waals surface area contributed by atoms with E-state index in [0.29, 0.717) is 17.3 Å². The van der Waals surface area contributed by atoms with Crippen LogP contribution in [0.3, 0.4) is 0 Å². The van der Waals surface area contributed by atoms with E-state index in [-0.39, 0.29) is 5.56 Å². The summed E-state index contributed by atoms with van der Waals surface area (Å²) in [5.41, 5.74) is 1.83. The van der Waals surface area contributed by atoms with Gasteiger partial charge in [0.15, 0.2) is 5.65 Å². The number of pyridine rings is 1. The minimum Gasteiger partial charge on any atom is -0.478 e. The number of hydrogen-bond acceptors (Lipinski definition) is 4. The highest BCUT2D eigenvalue weighted by atomic mass is 127. The summed E-state index contributed by atoms with van der Waals surface area (Å²) in [6.07, 6.45) is 1.44. The molecule has 0 amide bonds. The lowest BCUT2D eigenvalue weighted by Crippen LogP contribution is -2.00. The van der Waals surface area contributed by atoms with Crippen molar-refractivity contribution in [3.8, 4) is 11.6 Å². The molecule has 0 aliphatic carbocycles. The second kappa shape index (κ2) is 5.32. The Morgan fingerprint density at radius 1 is 1.33 bits per heavy atom. The molecule has 2 aromatic heterocycles. The van der Waals surface area contributed by atoms with Crippen LogP contribution in [-0.2, 0) is 0 Å². The van der Waals surface area contributed by atoms with Crippen molar-refractivity contribution in [2.45, 2.75) is 6.92 Å². The predicted octanol–water partition coefficient (Wildman–Crippen LogP) is 3.13. The highest BCUT2D eigenvalue weighted by Gasteiger charge is 2.12. The molecule has 3 aromatic rings. The van der Waals surface area contributed by atoms with Crippen LogP contribution in [0, 0.1) is 10.5 Å². The van der Waals surface area contributed by atoms with Crippen molar-refractivity contribution in [3.05, 3.63) is 51.4 Å². The molecule has 0 unspecified atom stereocenters. The van der Waals surface area contributed by atoms with Gasteiger partial charge in [-0.1, -0.05) is 0 Å². The number of hydrogen-bond donors (Lipinski definition) is 1. The first kappa shape index (κ1) is 13.8. The van der Waals surface area contributed by atoms with Gasteiger partial charge in [0.1, 0.15) is 12.1 Å². The molecule has 0 bridgehead atoms. The lowest BCUT2D eigenvalue weighted by Gasteiger charge is -2.10. The van der Waals surface area contributed by atoms with Crippen LogP contribution in [0.4, 0.5) is 0 Å². The molecule has 106 valence electrons. The van der Waals surface area contributed by atoms with Gasteiger partial charge in [0.25, 0.3) is 0 Å². The maximum absolute atomic E-state index is 11.1. The van der Waals surface area contributed by atoms with Crippen LogP contribution >= 0.6 is 22.6 Å². The molecule has 0 atom stereocenters. The number of ether oxygens (including phenoxy) is 1. The van der Waals surface area contributed by atoms with Gasteiger partial charge in [0.2, 0.25) is 5.88 Å². The molecule has 7 heteroatoms. The Balaban J connectivity index is 2.08. The van der Waals surface area contributed by atoms with Crippen molar-refractivity contribution in [3.63, 3.8) is 0 Å². The van der Waals surface area contributed by atoms with E-state index in [0.717, 1.165) is 9.13 Å². The molecule has 0 saturated heterocycles. The second-order valence-electron chi connectivity index (χ2n) is 4.45. The van der Waals surface area contributed by atoms with Crippen molar-refractivity contribution >= 4 is 34.2 Å². The first-order chi connectivity index (χ1) is 10.0. The molecule has 0 aliphatic heterocycles. The van der Waals surface area contributed by atoms with Gasteiger partial charge in [-0.25, -0.2) is 9.78 Å². The zero-order chi connectivity index (χ0) is 15.0. The van der Waals surface area contributed by atoms with Crippen molar-refractivity contribution in [2.24, 2.45) is 0 Å². The van der Waals surface area contributed by atoms with Gasteiger partial charge in [-0.2, -0.15) is 9.61 Å². The number of aromatic nitrogens is 3. The number of halogens is 1. The molecule has 2 heterocycles.